The lowest BCUT2D eigenvalue weighted by molar-refractivity contribution is 0.240. The number of carbonyl (C=O) groups is 1. The van der Waals surface area contributed by atoms with Crippen molar-refractivity contribution in [3.05, 3.63) is 45.9 Å². The Balaban J connectivity index is 1.33. The van der Waals surface area contributed by atoms with E-state index in [4.69, 9.17) is 0 Å². The van der Waals surface area contributed by atoms with Crippen LogP contribution in [-0.4, -0.2) is 38.5 Å². The predicted octanol–water partition coefficient (Wildman–Crippen LogP) is 1.02. The van der Waals surface area contributed by atoms with Gasteiger partial charge in [0.1, 0.15) is 5.82 Å². The quantitative estimate of drug-likeness (QED) is 0.723. The molecular formula is C18H26N6O2. The lowest BCUT2D eigenvalue weighted by Gasteiger charge is -2.09. The SMILES string of the molecule is Cc1ccc(CCNC(=O)NCCCn2nc3n(c2=O)CCCC3)cn1. The highest BCUT2D eigenvalue weighted by Crippen LogP contribution is 2.09. The van der Waals surface area contributed by atoms with Crippen LogP contribution >= 0.6 is 0 Å². The van der Waals surface area contributed by atoms with Crippen LogP contribution in [0.15, 0.2) is 23.1 Å². The van der Waals surface area contributed by atoms with Gasteiger partial charge in [0.25, 0.3) is 0 Å². The van der Waals surface area contributed by atoms with E-state index in [1.165, 1.54) is 4.68 Å². The summed E-state index contributed by atoms with van der Waals surface area (Å²) in [7, 11) is 0. The molecule has 2 aromatic rings. The smallest absolute Gasteiger partial charge is 0.338 e. The van der Waals surface area contributed by atoms with Crippen molar-refractivity contribution in [2.24, 2.45) is 0 Å². The van der Waals surface area contributed by atoms with Crippen molar-refractivity contribution < 1.29 is 4.79 Å². The number of carbonyl (C=O) groups excluding carboxylic acids is 1. The Morgan fingerprint density at radius 2 is 2.08 bits per heavy atom. The minimum absolute atomic E-state index is 0.0316. The van der Waals surface area contributed by atoms with Crippen LogP contribution in [-0.2, 0) is 25.9 Å². The third-order valence-corrected chi connectivity index (χ3v) is 4.54. The van der Waals surface area contributed by atoms with Gasteiger partial charge in [-0.3, -0.25) is 9.55 Å². The first-order chi connectivity index (χ1) is 12.6. The van der Waals surface area contributed by atoms with Gasteiger partial charge in [-0.25, -0.2) is 14.3 Å². The summed E-state index contributed by atoms with van der Waals surface area (Å²) in [6.07, 6.45) is 6.26. The van der Waals surface area contributed by atoms with Crippen molar-refractivity contribution in [2.75, 3.05) is 13.1 Å². The van der Waals surface area contributed by atoms with E-state index in [0.29, 0.717) is 26.1 Å². The van der Waals surface area contributed by atoms with Crippen LogP contribution in [0.25, 0.3) is 0 Å². The number of nitrogens with zero attached hydrogens (tertiary/aromatic N) is 4. The van der Waals surface area contributed by atoms with E-state index in [1.807, 2.05) is 25.3 Å². The van der Waals surface area contributed by atoms with Crippen LogP contribution in [0.1, 0.15) is 36.3 Å². The van der Waals surface area contributed by atoms with Crippen LogP contribution in [0.3, 0.4) is 0 Å². The Kier molecular flexibility index (Phi) is 6.04. The highest BCUT2D eigenvalue weighted by molar-refractivity contribution is 5.73. The number of hydrogen-bond donors (Lipinski definition) is 2. The number of aromatic nitrogens is 4. The fourth-order valence-electron chi connectivity index (χ4n) is 3.05. The summed E-state index contributed by atoms with van der Waals surface area (Å²) in [5.74, 6) is 0.887. The Labute approximate surface area is 152 Å². The molecule has 26 heavy (non-hydrogen) atoms. The molecule has 8 heteroatoms. The summed E-state index contributed by atoms with van der Waals surface area (Å²) in [6.45, 7) is 4.30. The lowest BCUT2D eigenvalue weighted by Crippen LogP contribution is -2.37. The second kappa shape index (κ2) is 8.64. The zero-order valence-corrected chi connectivity index (χ0v) is 15.2. The number of aryl methyl sites for hydroxylation is 3. The fourth-order valence-corrected chi connectivity index (χ4v) is 3.05. The van der Waals surface area contributed by atoms with Gasteiger partial charge in [0.2, 0.25) is 0 Å². The van der Waals surface area contributed by atoms with Gasteiger partial charge in [-0.1, -0.05) is 6.07 Å². The average Bonchev–Trinajstić information content (AvgIpc) is 2.97. The Morgan fingerprint density at radius 3 is 2.85 bits per heavy atom. The first-order valence-electron chi connectivity index (χ1n) is 9.23. The van der Waals surface area contributed by atoms with Gasteiger partial charge < -0.3 is 10.6 Å². The highest BCUT2D eigenvalue weighted by Gasteiger charge is 2.16. The van der Waals surface area contributed by atoms with Gasteiger partial charge >= 0.3 is 11.7 Å². The van der Waals surface area contributed by atoms with E-state index in [9.17, 15) is 9.59 Å². The van der Waals surface area contributed by atoms with Crippen molar-refractivity contribution in [3.8, 4) is 0 Å². The highest BCUT2D eigenvalue weighted by atomic mass is 16.2. The minimum Gasteiger partial charge on any atom is -0.338 e. The maximum atomic E-state index is 12.2. The van der Waals surface area contributed by atoms with Gasteiger partial charge in [0, 0.05) is 44.5 Å². The number of rotatable bonds is 7. The molecule has 8 nitrogen and oxygen atoms in total. The van der Waals surface area contributed by atoms with Gasteiger partial charge in [-0.05, 0) is 44.2 Å². The van der Waals surface area contributed by atoms with Gasteiger partial charge in [0.15, 0.2) is 0 Å². The molecule has 0 atom stereocenters. The molecule has 0 radical (unpaired) electrons. The molecule has 0 saturated carbocycles. The fraction of sp³-hybridized carbons (Fsp3) is 0.556. The van der Waals surface area contributed by atoms with Gasteiger partial charge in [0.05, 0.1) is 0 Å². The Hall–Kier alpha value is -2.64. The zero-order chi connectivity index (χ0) is 18.4. The van der Waals surface area contributed by atoms with E-state index >= 15 is 0 Å². The molecule has 0 saturated heterocycles. The van der Waals surface area contributed by atoms with Crippen LogP contribution in [0.5, 0.6) is 0 Å². The summed E-state index contributed by atoms with van der Waals surface area (Å²) >= 11 is 0. The Morgan fingerprint density at radius 1 is 1.23 bits per heavy atom. The molecule has 3 rings (SSSR count). The first kappa shape index (κ1) is 18.2. The summed E-state index contributed by atoms with van der Waals surface area (Å²) in [5, 5.41) is 10.0. The predicted molar refractivity (Wildman–Crippen MR) is 98.1 cm³/mol. The topological polar surface area (TPSA) is 93.8 Å². The summed E-state index contributed by atoms with van der Waals surface area (Å²) < 4.78 is 3.29. The maximum Gasteiger partial charge on any atom is 0.345 e. The average molecular weight is 358 g/mol. The molecule has 3 heterocycles. The maximum absolute atomic E-state index is 12.2. The molecule has 140 valence electrons. The van der Waals surface area contributed by atoms with E-state index in [0.717, 1.165) is 49.3 Å². The number of amides is 2. The standard InChI is InChI=1S/C18H26N6O2/c1-14-6-7-15(13-21-14)8-10-20-17(25)19-9-4-12-24-18(26)23-11-3-2-5-16(23)22-24/h6-7,13H,2-5,8-12H2,1H3,(H2,19,20,25). The van der Waals surface area contributed by atoms with Crippen molar-refractivity contribution in [2.45, 2.75) is 52.1 Å². The summed E-state index contributed by atoms with van der Waals surface area (Å²) in [4.78, 5) is 28.2. The molecule has 2 N–H and O–H groups in total. The van der Waals surface area contributed by atoms with Crippen LogP contribution in [0.4, 0.5) is 4.79 Å². The monoisotopic (exact) mass is 358 g/mol. The van der Waals surface area contributed by atoms with Gasteiger partial charge in [-0.2, -0.15) is 5.10 Å². The molecule has 0 fully saturated rings. The number of urea groups is 1. The molecule has 2 amide bonds. The normalized spacial score (nSPS) is 13.3. The molecule has 1 aliphatic rings. The number of nitrogens with one attached hydrogen (secondary N) is 2. The van der Waals surface area contributed by atoms with E-state index < -0.39 is 0 Å². The second-order valence-corrected chi connectivity index (χ2v) is 6.62. The van der Waals surface area contributed by atoms with Crippen molar-refractivity contribution in [1.82, 2.24) is 30.0 Å². The number of hydrogen-bond acceptors (Lipinski definition) is 4. The number of fused-ring (bicyclic) bond motifs is 1. The van der Waals surface area contributed by atoms with Crippen molar-refractivity contribution >= 4 is 6.03 Å². The molecule has 0 aliphatic carbocycles. The molecule has 0 aromatic carbocycles. The third kappa shape index (κ3) is 4.71. The van der Waals surface area contributed by atoms with E-state index in [-0.39, 0.29) is 11.7 Å². The van der Waals surface area contributed by atoms with Crippen LogP contribution in [0, 0.1) is 6.92 Å². The lowest BCUT2D eigenvalue weighted by atomic mass is 10.2. The molecule has 0 unspecified atom stereocenters. The molecule has 0 spiro atoms. The molecule has 2 aromatic heterocycles. The molecule has 0 bridgehead atoms. The van der Waals surface area contributed by atoms with Crippen molar-refractivity contribution in [3.63, 3.8) is 0 Å². The van der Waals surface area contributed by atoms with E-state index in [1.54, 1.807) is 4.57 Å². The van der Waals surface area contributed by atoms with Crippen LogP contribution < -0.4 is 16.3 Å². The zero-order valence-electron chi connectivity index (χ0n) is 15.2. The largest absolute Gasteiger partial charge is 0.345 e. The first-order valence-corrected chi connectivity index (χ1v) is 9.23. The third-order valence-electron chi connectivity index (χ3n) is 4.54. The van der Waals surface area contributed by atoms with Crippen molar-refractivity contribution in [1.29, 1.82) is 0 Å². The second-order valence-electron chi connectivity index (χ2n) is 6.62. The molecule has 1 aliphatic heterocycles. The summed E-state index contributed by atoms with van der Waals surface area (Å²) in [6, 6.07) is 3.79. The number of pyridine rings is 1. The van der Waals surface area contributed by atoms with Crippen LogP contribution in [0.2, 0.25) is 0 Å². The summed E-state index contributed by atoms with van der Waals surface area (Å²) in [5.41, 5.74) is 2.05. The van der Waals surface area contributed by atoms with E-state index in [2.05, 4.69) is 20.7 Å². The van der Waals surface area contributed by atoms with Gasteiger partial charge in [-0.15, -0.1) is 0 Å². The Bertz CT molecular complexity index is 793. The molecular weight excluding hydrogens is 332 g/mol. The minimum atomic E-state index is -0.193.